The van der Waals surface area contributed by atoms with Crippen LogP contribution in [-0.4, -0.2) is 32.9 Å². The molecule has 0 saturated heterocycles. The van der Waals surface area contributed by atoms with Crippen LogP contribution in [0.25, 0.3) is 11.0 Å². The number of nitrogens with zero attached hydrogens (tertiary/aromatic N) is 4. The van der Waals surface area contributed by atoms with Crippen LogP contribution in [0.15, 0.2) is 35.2 Å². The highest BCUT2D eigenvalue weighted by Gasteiger charge is 2.21. The molecule has 4 rings (SSSR count). The van der Waals surface area contributed by atoms with E-state index in [0.717, 1.165) is 46.8 Å². The van der Waals surface area contributed by atoms with Crippen molar-refractivity contribution < 1.29 is 4.74 Å². The third-order valence-electron chi connectivity index (χ3n) is 4.18. The molecule has 23 heavy (non-hydrogen) atoms. The Morgan fingerprint density at radius 1 is 1.35 bits per heavy atom. The van der Waals surface area contributed by atoms with Gasteiger partial charge in [-0.3, -0.25) is 0 Å². The molecule has 3 aromatic rings. The topological polar surface area (TPSA) is 64.9 Å². The SMILES string of the molecule is Cn1nc(Br)c2c(NCC3CCOc4ccccc43)ncnc21. The van der Waals surface area contributed by atoms with Crippen molar-refractivity contribution in [3.05, 3.63) is 40.8 Å². The molecule has 0 radical (unpaired) electrons. The number of rotatable bonds is 3. The Kier molecular flexibility index (Phi) is 3.65. The summed E-state index contributed by atoms with van der Waals surface area (Å²) >= 11 is 3.49. The highest BCUT2D eigenvalue weighted by atomic mass is 79.9. The van der Waals surface area contributed by atoms with Gasteiger partial charge in [-0.15, -0.1) is 0 Å². The van der Waals surface area contributed by atoms with E-state index in [1.165, 1.54) is 5.56 Å². The zero-order chi connectivity index (χ0) is 15.8. The van der Waals surface area contributed by atoms with Crippen LogP contribution in [0.4, 0.5) is 5.82 Å². The van der Waals surface area contributed by atoms with Crippen LogP contribution in [0.1, 0.15) is 17.9 Å². The molecule has 7 heteroatoms. The molecule has 1 aliphatic heterocycles. The summed E-state index contributed by atoms with van der Waals surface area (Å²) in [5.74, 6) is 2.19. The van der Waals surface area contributed by atoms with Gasteiger partial charge in [0.25, 0.3) is 0 Å². The summed E-state index contributed by atoms with van der Waals surface area (Å²) in [5, 5.41) is 8.73. The van der Waals surface area contributed by atoms with Crippen molar-refractivity contribution in [3.63, 3.8) is 0 Å². The number of ether oxygens (including phenoxy) is 1. The number of nitrogens with one attached hydrogen (secondary N) is 1. The number of aryl methyl sites for hydroxylation is 1. The summed E-state index contributed by atoms with van der Waals surface area (Å²) in [7, 11) is 1.87. The van der Waals surface area contributed by atoms with Gasteiger partial charge in [-0.05, 0) is 34.0 Å². The zero-order valence-electron chi connectivity index (χ0n) is 12.7. The molecule has 0 spiro atoms. The number of para-hydroxylation sites is 1. The lowest BCUT2D eigenvalue weighted by atomic mass is 9.93. The fourth-order valence-electron chi connectivity index (χ4n) is 3.02. The van der Waals surface area contributed by atoms with Crippen LogP contribution in [0, 0.1) is 0 Å². The highest BCUT2D eigenvalue weighted by Crippen LogP contribution is 2.34. The molecule has 3 heterocycles. The highest BCUT2D eigenvalue weighted by molar-refractivity contribution is 9.10. The Morgan fingerprint density at radius 3 is 3.13 bits per heavy atom. The molecule has 0 bridgehead atoms. The lowest BCUT2D eigenvalue weighted by Crippen LogP contribution is -2.21. The second-order valence-corrected chi connectivity index (χ2v) is 6.34. The molecule has 1 aliphatic rings. The van der Waals surface area contributed by atoms with E-state index >= 15 is 0 Å². The average molecular weight is 374 g/mol. The van der Waals surface area contributed by atoms with Crippen molar-refractivity contribution >= 4 is 32.8 Å². The summed E-state index contributed by atoms with van der Waals surface area (Å²) in [6.45, 7) is 1.55. The summed E-state index contributed by atoms with van der Waals surface area (Å²) < 4.78 is 8.23. The van der Waals surface area contributed by atoms with Crippen molar-refractivity contribution in [1.29, 1.82) is 0 Å². The number of hydrogen-bond donors (Lipinski definition) is 1. The van der Waals surface area contributed by atoms with Crippen molar-refractivity contribution in [2.75, 3.05) is 18.5 Å². The molecule has 1 aromatic carbocycles. The van der Waals surface area contributed by atoms with Crippen LogP contribution >= 0.6 is 15.9 Å². The fourth-order valence-corrected chi connectivity index (χ4v) is 3.63. The second kappa shape index (κ2) is 5.81. The Balaban J connectivity index is 1.61. The van der Waals surface area contributed by atoms with Crippen LogP contribution in [0.3, 0.4) is 0 Å². The fraction of sp³-hybridized carbons (Fsp3) is 0.312. The van der Waals surface area contributed by atoms with Gasteiger partial charge in [0.05, 0.1) is 12.0 Å². The number of halogens is 1. The largest absolute Gasteiger partial charge is 0.493 e. The number of hydrogen-bond acceptors (Lipinski definition) is 5. The van der Waals surface area contributed by atoms with E-state index < -0.39 is 0 Å². The van der Waals surface area contributed by atoms with E-state index in [-0.39, 0.29) is 0 Å². The number of fused-ring (bicyclic) bond motifs is 2. The molecular formula is C16H16BrN5O. The van der Waals surface area contributed by atoms with Crippen LogP contribution in [0.5, 0.6) is 5.75 Å². The van der Waals surface area contributed by atoms with Crippen molar-refractivity contribution in [2.45, 2.75) is 12.3 Å². The quantitative estimate of drug-likeness (QED) is 0.763. The monoisotopic (exact) mass is 373 g/mol. The Morgan fingerprint density at radius 2 is 2.22 bits per heavy atom. The molecule has 6 nitrogen and oxygen atoms in total. The molecule has 0 aliphatic carbocycles. The van der Waals surface area contributed by atoms with Crippen LogP contribution in [-0.2, 0) is 7.05 Å². The normalized spacial score (nSPS) is 16.9. The lowest BCUT2D eigenvalue weighted by Gasteiger charge is -2.26. The molecule has 0 fully saturated rings. The molecular weight excluding hydrogens is 358 g/mol. The molecule has 2 aromatic heterocycles. The van der Waals surface area contributed by atoms with Gasteiger partial charge < -0.3 is 10.1 Å². The van der Waals surface area contributed by atoms with E-state index in [4.69, 9.17) is 4.74 Å². The van der Waals surface area contributed by atoms with Gasteiger partial charge in [0.2, 0.25) is 0 Å². The number of benzene rings is 1. The van der Waals surface area contributed by atoms with Gasteiger partial charge in [0.15, 0.2) is 5.65 Å². The van der Waals surface area contributed by atoms with Crippen molar-refractivity contribution in [2.24, 2.45) is 7.05 Å². The maximum absolute atomic E-state index is 5.72. The number of aromatic nitrogens is 4. The smallest absolute Gasteiger partial charge is 0.164 e. The van der Waals surface area contributed by atoms with Crippen molar-refractivity contribution in [1.82, 2.24) is 19.7 Å². The Labute approximate surface area is 142 Å². The van der Waals surface area contributed by atoms with E-state index in [1.807, 2.05) is 19.2 Å². The first-order valence-electron chi connectivity index (χ1n) is 7.53. The zero-order valence-corrected chi connectivity index (χ0v) is 14.2. The predicted molar refractivity (Wildman–Crippen MR) is 91.8 cm³/mol. The van der Waals surface area contributed by atoms with E-state index in [0.29, 0.717) is 5.92 Å². The standard InChI is InChI=1S/C16H16BrN5O/c1-22-16-13(14(17)21-22)15(19-9-20-16)18-8-10-6-7-23-12-5-3-2-4-11(10)12/h2-5,9-10H,6-8H2,1H3,(H,18,19,20). The molecule has 1 N–H and O–H groups in total. The minimum Gasteiger partial charge on any atom is -0.493 e. The van der Waals surface area contributed by atoms with E-state index in [2.05, 4.69) is 48.4 Å². The van der Waals surface area contributed by atoms with Gasteiger partial charge in [-0.1, -0.05) is 18.2 Å². The summed E-state index contributed by atoms with van der Waals surface area (Å²) in [6, 6.07) is 8.23. The van der Waals surface area contributed by atoms with Crippen molar-refractivity contribution in [3.8, 4) is 5.75 Å². The molecule has 0 saturated carbocycles. The predicted octanol–water partition coefficient (Wildman–Crippen LogP) is 3.10. The first-order chi connectivity index (χ1) is 11.2. The molecule has 1 atom stereocenters. The van der Waals surface area contributed by atoms with Gasteiger partial charge in [-0.25, -0.2) is 14.6 Å². The summed E-state index contributed by atoms with van der Waals surface area (Å²) in [5.41, 5.74) is 2.06. The van der Waals surface area contributed by atoms with Crippen LogP contribution < -0.4 is 10.1 Å². The third-order valence-corrected chi connectivity index (χ3v) is 4.73. The molecule has 1 unspecified atom stereocenters. The average Bonchev–Trinajstić information content (AvgIpc) is 2.88. The number of anilines is 1. The lowest BCUT2D eigenvalue weighted by molar-refractivity contribution is 0.270. The van der Waals surface area contributed by atoms with Gasteiger partial charge in [0, 0.05) is 19.5 Å². The van der Waals surface area contributed by atoms with Gasteiger partial charge >= 0.3 is 0 Å². The first kappa shape index (κ1) is 14.4. The minimum absolute atomic E-state index is 0.403. The molecule has 118 valence electrons. The molecule has 0 amide bonds. The maximum Gasteiger partial charge on any atom is 0.164 e. The van der Waals surface area contributed by atoms with E-state index in [9.17, 15) is 0 Å². The first-order valence-corrected chi connectivity index (χ1v) is 8.32. The van der Waals surface area contributed by atoms with Crippen LogP contribution in [0.2, 0.25) is 0 Å². The summed E-state index contributed by atoms with van der Waals surface area (Å²) in [4.78, 5) is 8.68. The Hall–Kier alpha value is -2.15. The summed E-state index contributed by atoms with van der Waals surface area (Å²) in [6.07, 6.45) is 2.56. The maximum atomic E-state index is 5.72. The van der Waals surface area contributed by atoms with E-state index in [1.54, 1.807) is 11.0 Å². The van der Waals surface area contributed by atoms with Gasteiger partial charge in [0.1, 0.15) is 22.5 Å². The Bertz CT molecular complexity index is 863. The second-order valence-electron chi connectivity index (χ2n) is 5.59. The van der Waals surface area contributed by atoms with Gasteiger partial charge in [-0.2, -0.15) is 5.10 Å². The third kappa shape index (κ3) is 2.55. The minimum atomic E-state index is 0.403.